The van der Waals surface area contributed by atoms with Crippen LogP contribution in [0.2, 0.25) is 0 Å². The Balaban J connectivity index is 2.06. The summed E-state index contributed by atoms with van der Waals surface area (Å²) in [6.45, 7) is 0. The number of carboxylic acid groups (broad SMARTS) is 1. The molecular formula is C8H8N2O3S. The molecule has 0 spiro atoms. The largest absolute Gasteiger partial charge is 0.480 e. The zero-order valence-electron chi connectivity index (χ0n) is 7.19. The highest BCUT2D eigenvalue weighted by Gasteiger charge is 2.51. The molecule has 74 valence electrons. The summed E-state index contributed by atoms with van der Waals surface area (Å²) in [5.74, 6) is -1.32. The van der Waals surface area contributed by atoms with Crippen molar-refractivity contribution in [3.63, 3.8) is 0 Å². The van der Waals surface area contributed by atoms with Gasteiger partial charge in [0.2, 0.25) is 0 Å². The first-order valence-electron chi connectivity index (χ1n) is 4.08. The van der Waals surface area contributed by atoms with Crippen LogP contribution in [0.25, 0.3) is 0 Å². The first-order valence-corrected chi connectivity index (χ1v) is 4.96. The molecule has 0 unspecified atom stereocenters. The van der Waals surface area contributed by atoms with E-state index in [-0.39, 0.29) is 5.91 Å². The maximum atomic E-state index is 11.5. The number of nitrogens with zero attached hydrogens (tertiary/aromatic N) is 1. The number of hydrogen-bond acceptors (Lipinski definition) is 4. The zero-order chi connectivity index (χ0) is 10.2. The second-order valence-electron chi connectivity index (χ2n) is 3.21. The van der Waals surface area contributed by atoms with Gasteiger partial charge in [0, 0.05) is 0 Å². The van der Waals surface area contributed by atoms with Gasteiger partial charge in [0.25, 0.3) is 5.91 Å². The van der Waals surface area contributed by atoms with Gasteiger partial charge >= 0.3 is 5.97 Å². The van der Waals surface area contributed by atoms with Crippen LogP contribution in [0.5, 0.6) is 0 Å². The van der Waals surface area contributed by atoms with E-state index in [1.54, 1.807) is 0 Å². The van der Waals surface area contributed by atoms with Crippen molar-refractivity contribution in [2.75, 3.05) is 0 Å². The van der Waals surface area contributed by atoms with Crippen LogP contribution < -0.4 is 5.32 Å². The molecule has 1 saturated carbocycles. The Morgan fingerprint density at radius 1 is 1.57 bits per heavy atom. The Labute approximate surface area is 83.8 Å². The Morgan fingerprint density at radius 3 is 2.71 bits per heavy atom. The molecule has 0 bridgehead atoms. The number of thiazole rings is 1. The van der Waals surface area contributed by atoms with Crippen LogP contribution in [0, 0.1) is 0 Å². The highest BCUT2D eigenvalue weighted by molar-refractivity contribution is 7.11. The summed E-state index contributed by atoms with van der Waals surface area (Å²) in [5, 5.41) is 11.3. The summed E-state index contributed by atoms with van der Waals surface area (Å²) in [4.78, 5) is 26.4. The molecule has 5 nitrogen and oxygen atoms in total. The van der Waals surface area contributed by atoms with E-state index in [1.807, 2.05) is 0 Å². The van der Waals surface area contributed by atoms with E-state index >= 15 is 0 Å². The lowest BCUT2D eigenvalue weighted by Gasteiger charge is -2.10. The van der Waals surface area contributed by atoms with Crippen molar-refractivity contribution < 1.29 is 14.7 Å². The summed E-state index contributed by atoms with van der Waals surface area (Å²) in [7, 11) is 0. The van der Waals surface area contributed by atoms with Crippen molar-refractivity contribution in [3.8, 4) is 0 Å². The van der Waals surface area contributed by atoms with Crippen LogP contribution in [0.15, 0.2) is 11.7 Å². The number of nitrogens with one attached hydrogen (secondary N) is 1. The maximum Gasteiger partial charge on any atom is 0.329 e. The predicted octanol–water partition coefficient (Wildman–Crippen LogP) is 0.490. The zero-order valence-corrected chi connectivity index (χ0v) is 8.00. The lowest BCUT2D eigenvalue weighted by molar-refractivity contribution is -0.140. The van der Waals surface area contributed by atoms with Gasteiger partial charge in [-0.1, -0.05) is 0 Å². The number of amides is 1. The third-order valence-electron chi connectivity index (χ3n) is 2.17. The molecule has 14 heavy (non-hydrogen) atoms. The van der Waals surface area contributed by atoms with Crippen LogP contribution >= 0.6 is 11.3 Å². The van der Waals surface area contributed by atoms with Crippen molar-refractivity contribution >= 4 is 23.2 Å². The molecule has 2 rings (SSSR count). The van der Waals surface area contributed by atoms with E-state index in [4.69, 9.17) is 5.11 Å². The third kappa shape index (κ3) is 1.48. The van der Waals surface area contributed by atoms with E-state index in [0.717, 1.165) is 0 Å². The number of aromatic nitrogens is 1. The van der Waals surface area contributed by atoms with E-state index in [1.165, 1.54) is 23.0 Å². The van der Waals surface area contributed by atoms with Gasteiger partial charge in [-0.15, -0.1) is 11.3 Å². The van der Waals surface area contributed by atoms with Crippen LogP contribution in [0.4, 0.5) is 0 Å². The molecule has 0 saturated heterocycles. The number of aliphatic carboxylic acids is 1. The second kappa shape index (κ2) is 3.06. The first-order chi connectivity index (χ1) is 6.64. The molecule has 0 aromatic carbocycles. The number of carbonyl (C=O) groups excluding carboxylic acids is 1. The van der Waals surface area contributed by atoms with E-state index < -0.39 is 11.5 Å². The van der Waals surface area contributed by atoms with Crippen molar-refractivity contribution in [1.29, 1.82) is 0 Å². The van der Waals surface area contributed by atoms with Gasteiger partial charge in [0.15, 0.2) is 0 Å². The number of hydrogen-bond donors (Lipinski definition) is 2. The summed E-state index contributed by atoms with van der Waals surface area (Å²) in [6, 6.07) is 0. The summed E-state index contributed by atoms with van der Waals surface area (Å²) < 4.78 is 0. The molecule has 0 atom stereocenters. The number of carboxylic acids is 1. The van der Waals surface area contributed by atoms with Gasteiger partial charge in [0.1, 0.15) is 10.4 Å². The third-order valence-corrected chi connectivity index (χ3v) is 2.94. The molecule has 0 radical (unpaired) electrons. The molecule has 1 heterocycles. The minimum absolute atomic E-state index is 0.354. The highest BCUT2D eigenvalue weighted by atomic mass is 32.1. The molecule has 1 amide bonds. The Kier molecular flexibility index (Phi) is 1.99. The first kappa shape index (κ1) is 9.14. The molecule has 1 aliphatic rings. The van der Waals surface area contributed by atoms with Crippen molar-refractivity contribution in [2.45, 2.75) is 18.4 Å². The molecular weight excluding hydrogens is 204 g/mol. The normalized spacial score (nSPS) is 17.4. The fourth-order valence-electron chi connectivity index (χ4n) is 1.12. The van der Waals surface area contributed by atoms with Crippen molar-refractivity contribution in [1.82, 2.24) is 10.3 Å². The Hall–Kier alpha value is -1.43. The monoisotopic (exact) mass is 212 g/mol. The van der Waals surface area contributed by atoms with Gasteiger partial charge in [-0.2, -0.15) is 0 Å². The van der Waals surface area contributed by atoms with Gasteiger partial charge < -0.3 is 10.4 Å². The van der Waals surface area contributed by atoms with E-state index in [0.29, 0.717) is 17.7 Å². The fraction of sp³-hybridized carbons (Fsp3) is 0.375. The van der Waals surface area contributed by atoms with Gasteiger partial charge in [0.05, 0.1) is 11.7 Å². The number of carbonyl (C=O) groups is 2. The smallest absolute Gasteiger partial charge is 0.329 e. The summed E-state index contributed by atoms with van der Waals surface area (Å²) in [5.41, 5.74) is 0.524. The lowest BCUT2D eigenvalue weighted by Crippen LogP contribution is -2.42. The molecule has 2 N–H and O–H groups in total. The molecule has 6 heteroatoms. The topological polar surface area (TPSA) is 79.3 Å². The van der Waals surface area contributed by atoms with Crippen molar-refractivity contribution in [3.05, 3.63) is 16.6 Å². The van der Waals surface area contributed by atoms with Gasteiger partial charge in [-0.25, -0.2) is 4.79 Å². The second-order valence-corrected chi connectivity index (χ2v) is 4.09. The molecule has 0 aliphatic heterocycles. The standard InChI is InChI=1S/C8H8N2O3S/c11-6(5-3-9-4-14-5)10-8(1-2-8)7(12)13/h3-4H,1-2H2,(H,10,11)(H,12,13). The molecule has 1 aliphatic carbocycles. The van der Waals surface area contributed by atoms with E-state index in [9.17, 15) is 9.59 Å². The average molecular weight is 212 g/mol. The van der Waals surface area contributed by atoms with E-state index in [2.05, 4.69) is 10.3 Å². The Bertz CT molecular complexity index is 370. The average Bonchev–Trinajstić information content (AvgIpc) is 2.74. The lowest BCUT2D eigenvalue weighted by atomic mass is 10.2. The van der Waals surface area contributed by atoms with Gasteiger partial charge in [-0.05, 0) is 12.8 Å². The fourth-order valence-corrected chi connectivity index (χ4v) is 1.64. The predicted molar refractivity (Wildman–Crippen MR) is 49.2 cm³/mol. The van der Waals surface area contributed by atoms with Crippen molar-refractivity contribution in [2.24, 2.45) is 0 Å². The van der Waals surface area contributed by atoms with Crippen LogP contribution in [-0.4, -0.2) is 27.5 Å². The summed E-state index contributed by atoms with van der Waals surface area (Å²) >= 11 is 1.20. The minimum atomic E-state index is -1.01. The van der Waals surface area contributed by atoms with Crippen LogP contribution in [0.3, 0.4) is 0 Å². The summed E-state index contributed by atoms with van der Waals surface area (Å²) in [6.07, 6.45) is 2.44. The molecule has 1 aromatic heterocycles. The number of rotatable bonds is 3. The quantitative estimate of drug-likeness (QED) is 0.764. The molecule has 1 fully saturated rings. The van der Waals surface area contributed by atoms with Crippen LogP contribution in [0.1, 0.15) is 22.5 Å². The van der Waals surface area contributed by atoms with Crippen LogP contribution in [-0.2, 0) is 4.79 Å². The van der Waals surface area contributed by atoms with Gasteiger partial charge in [-0.3, -0.25) is 9.78 Å². The maximum absolute atomic E-state index is 11.5. The SMILES string of the molecule is O=C(NC1(C(=O)O)CC1)c1cncs1. The Morgan fingerprint density at radius 2 is 2.29 bits per heavy atom. The molecule has 1 aromatic rings. The highest BCUT2D eigenvalue weighted by Crippen LogP contribution is 2.35. The minimum Gasteiger partial charge on any atom is -0.480 e.